The van der Waals surface area contributed by atoms with Crippen LogP contribution in [0.15, 0.2) is 116 Å². The topological polar surface area (TPSA) is 440 Å². The molecule has 0 bridgehead atoms. The van der Waals surface area contributed by atoms with E-state index in [2.05, 4.69) is 49.4 Å². The second kappa shape index (κ2) is 21.5. The first-order valence-electron chi connectivity index (χ1n) is 16.9. The molecule has 0 aromatic heterocycles. The number of aliphatic hydroxyl groups is 2. The number of rotatable bonds is 21. The molecule has 0 aliphatic rings. The SMILES string of the molecule is Nc1ccc(N=Nc2cc(OCCO)c(N=Nc3c(SOOO)cc4cc(S(=O)(=O)O)c(N=Nc5cc(S(=O)(=O)O)ccc5SOOO)c(O)c4c3O)cc2OCCO)c(S(=O)(=O)O)c1. The van der Waals surface area contributed by atoms with Gasteiger partial charge in [0.15, 0.2) is 11.5 Å². The van der Waals surface area contributed by atoms with Crippen LogP contribution in [0.4, 0.5) is 39.8 Å². The summed E-state index contributed by atoms with van der Waals surface area (Å²) in [4.78, 5) is -3.12. The first-order valence-corrected chi connectivity index (χ1v) is 22.7. The predicted octanol–water partition coefficient (Wildman–Crippen LogP) is 6.42. The Morgan fingerprint density at radius 3 is 1.63 bits per heavy atom. The Morgan fingerprint density at radius 1 is 0.554 bits per heavy atom. The summed E-state index contributed by atoms with van der Waals surface area (Å²) >= 11 is 0.378. The summed E-state index contributed by atoms with van der Waals surface area (Å²) in [5.41, 5.74) is 2.57. The van der Waals surface area contributed by atoms with Crippen molar-refractivity contribution in [3.05, 3.63) is 60.7 Å². The van der Waals surface area contributed by atoms with E-state index in [0.29, 0.717) is 12.1 Å². The monoisotopic (exact) mass is 1010 g/mol. The highest BCUT2D eigenvalue weighted by molar-refractivity contribution is 7.95. The fourth-order valence-corrected chi connectivity index (χ4v) is 7.92. The van der Waals surface area contributed by atoms with Gasteiger partial charge in [0.2, 0.25) is 0 Å². The molecule has 33 heteroatoms. The summed E-state index contributed by atoms with van der Waals surface area (Å²) in [7, 11) is -15.1. The lowest BCUT2D eigenvalue weighted by molar-refractivity contribution is -0.432. The highest BCUT2D eigenvalue weighted by atomic mass is 32.2. The fourth-order valence-electron chi connectivity index (χ4n) is 5.20. The van der Waals surface area contributed by atoms with E-state index in [0.717, 1.165) is 42.5 Å². The Kier molecular flexibility index (Phi) is 16.6. The van der Waals surface area contributed by atoms with Crippen molar-refractivity contribution < 1.29 is 98.1 Å². The number of aromatic hydroxyl groups is 2. The van der Waals surface area contributed by atoms with E-state index in [1.807, 2.05) is 0 Å². The van der Waals surface area contributed by atoms with Crippen LogP contribution in [-0.4, -0.2) is 96.3 Å². The number of phenolic OH excluding ortho intramolecular Hbond substituents is 2. The molecule has 348 valence electrons. The first-order chi connectivity index (χ1) is 30.7. The van der Waals surface area contributed by atoms with Crippen LogP contribution in [0.3, 0.4) is 0 Å². The summed E-state index contributed by atoms with van der Waals surface area (Å²) in [5.74, 6) is -2.68. The van der Waals surface area contributed by atoms with E-state index >= 15 is 0 Å². The molecule has 65 heavy (non-hydrogen) atoms. The zero-order chi connectivity index (χ0) is 47.7. The summed E-state index contributed by atoms with van der Waals surface area (Å²) in [6.45, 7) is -1.82. The Labute approximate surface area is 372 Å². The molecular formula is C32H29N7O21S5. The number of fused-ring (bicyclic) bond motifs is 1. The maximum absolute atomic E-state index is 12.6. The highest BCUT2D eigenvalue weighted by Crippen LogP contribution is 2.52. The molecule has 5 aromatic rings. The average molecular weight is 1010 g/mol. The molecule has 0 radical (unpaired) electrons. The molecule has 0 spiro atoms. The number of nitrogen functional groups attached to an aromatic ring is 1. The van der Waals surface area contributed by atoms with Crippen molar-refractivity contribution in [3.8, 4) is 23.0 Å². The molecule has 28 nitrogen and oxygen atoms in total. The van der Waals surface area contributed by atoms with Crippen LogP contribution in [0.5, 0.6) is 23.0 Å². The molecule has 0 fully saturated rings. The van der Waals surface area contributed by atoms with E-state index in [4.69, 9.17) is 25.7 Å². The second-order valence-electron chi connectivity index (χ2n) is 12.0. The number of aliphatic hydroxyl groups excluding tert-OH is 2. The van der Waals surface area contributed by atoms with E-state index in [1.165, 1.54) is 6.07 Å². The maximum Gasteiger partial charge on any atom is 0.296 e. The van der Waals surface area contributed by atoms with Gasteiger partial charge in [0.1, 0.15) is 68.6 Å². The molecule has 5 aromatic carbocycles. The van der Waals surface area contributed by atoms with Gasteiger partial charge < -0.3 is 35.6 Å². The van der Waals surface area contributed by atoms with Crippen LogP contribution >= 0.6 is 24.1 Å². The molecule has 0 aliphatic heterocycles. The number of hydrogen-bond acceptors (Lipinski definition) is 27. The number of azo groups is 3. The minimum atomic E-state index is -5.34. The molecule has 0 atom stereocenters. The third kappa shape index (κ3) is 12.5. The van der Waals surface area contributed by atoms with Gasteiger partial charge in [0.05, 0.1) is 57.4 Å². The summed E-state index contributed by atoms with van der Waals surface area (Å²) in [6, 6.07) is 9.85. The number of benzene rings is 5. The van der Waals surface area contributed by atoms with Crippen molar-refractivity contribution in [1.29, 1.82) is 0 Å². The van der Waals surface area contributed by atoms with Gasteiger partial charge in [-0.2, -0.15) is 25.3 Å². The third-order valence-corrected chi connectivity index (χ3v) is 11.7. The summed E-state index contributed by atoms with van der Waals surface area (Å²) in [5, 5.41) is 89.1. The summed E-state index contributed by atoms with van der Waals surface area (Å²) < 4.78 is 122. The van der Waals surface area contributed by atoms with Crippen LogP contribution in [0.1, 0.15) is 0 Å². The molecule has 0 saturated carbocycles. The van der Waals surface area contributed by atoms with Crippen LogP contribution < -0.4 is 15.2 Å². The van der Waals surface area contributed by atoms with Crippen molar-refractivity contribution in [2.45, 2.75) is 24.5 Å². The van der Waals surface area contributed by atoms with E-state index in [1.54, 1.807) is 0 Å². The number of nitrogens with zero attached hydrogens (tertiary/aromatic N) is 6. The molecule has 11 N–H and O–H groups in total. The second-order valence-corrected chi connectivity index (χ2v) is 17.7. The molecule has 0 saturated heterocycles. The lowest BCUT2D eigenvalue weighted by Gasteiger charge is -2.14. The van der Waals surface area contributed by atoms with Crippen LogP contribution in [0.2, 0.25) is 0 Å². The smallest absolute Gasteiger partial charge is 0.296 e. The average Bonchev–Trinajstić information content (AvgIpc) is 3.24. The highest BCUT2D eigenvalue weighted by Gasteiger charge is 2.27. The minimum absolute atomic E-state index is 0.0330. The van der Waals surface area contributed by atoms with Crippen LogP contribution in [0, 0.1) is 0 Å². The number of anilines is 1. The van der Waals surface area contributed by atoms with Gasteiger partial charge in [-0.15, -0.1) is 39.4 Å². The van der Waals surface area contributed by atoms with Gasteiger partial charge >= 0.3 is 0 Å². The predicted molar refractivity (Wildman–Crippen MR) is 219 cm³/mol. The largest absolute Gasteiger partial charge is 0.505 e. The Balaban J connectivity index is 1.72. The molecule has 5 rings (SSSR count). The molecule has 0 amide bonds. The normalized spacial score (nSPS) is 12.6. The van der Waals surface area contributed by atoms with Gasteiger partial charge in [-0.3, -0.25) is 13.7 Å². The third-order valence-electron chi connectivity index (χ3n) is 7.85. The Morgan fingerprint density at radius 2 is 1.08 bits per heavy atom. The zero-order valence-electron chi connectivity index (χ0n) is 31.8. The number of ether oxygens (including phenoxy) is 2. The fraction of sp³-hybridized carbons (Fsp3) is 0.125. The minimum Gasteiger partial charge on any atom is -0.505 e. The Bertz CT molecular complexity index is 3030. The van der Waals surface area contributed by atoms with Crippen molar-refractivity contribution in [2.75, 3.05) is 32.2 Å². The van der Waals surface area contributed by atoms with Gasteiger partial charge in [-0.25, -0.2) is 10.5 Å². The summed E-state index contributed by atoms with van der Waals surface area (Å²) in [6.07, 6.45) is 0. The van der Waals surface area contributed by atoms with Crippen molar-refractivity contribution in [2.24, 2.45) is 30.7 Å². The van der Waals surface area contributed by atoms with E-state index in [9.17, 15) is 59.3 Å². The van der Waals surface area contributed by atoms with Crippen molar-refractivity contribution in [3.63, 3.8) is 0 Å². The van der Waals surface area contributed by atoms with E-state index in [-0.39, 0.29) is 86.7 Å². The molecule has 0 aliphatic carbocycles. The van der Waals surface area contributed by atoms with Gasteiger partial charge in [0.25, 0.3) is 30.4 Å². The van der Waals surface area contributed by atoms with E-state index < -0.39 is 92.2 Å². The standard InChI is InChI=1S/C32H29N7O21S5/c33-16-1-3-18(26(11-16)64(49,50)51)34-35-19-13-23(56-8-6-41)20(14-22(19)55-7-5-40)36-38-29-25(62-60-58-45)9-15-10-27(65(52,53)54)30(32(43)28(15)31(29)42)39-37-21-12-17(63(46,47)48)2-4-24(21)61-59-57-44/h1-4,9-14,40-45H,5-8,33H2,(H,46,47,48)(H,49,50,51)(H,52,53,54). The van der Waals surface area contributed by atoms with Crippen molar-refractivity contribution >= 4 is 105 Å². The lowest BCUT2D eigenvalue weighted by atomic mass is 10.1. The van der Waals surface area contributed by atoms with Crippen LogP contribution in [-0.2, 0) is 49.1 Å². The number of phenols is 2. The number of hydrogen-bond donors (Lipinski definition) is 10. The van der Waals surface area contributed by atoms with Crippen LogP contribution in [0.25, 0.3) is 10.8 Å². The first kappa shape index (κ1) is 50.3. The number of nitrogens with two attached hydrogens (primary N) is 1. The zero-order valence-corrected chi connectivity index (χ0v) is 35.9. The molecule has 0 unspecified atom stereocenters. The van der Waals surface area contributed by atoms with Gasteiger partial charge in [-0.1, -0.05) is 10.1 Å². The lowest BCUT2D eigenvalue weighted by Crippen LogP contribution is -2.04. The Hall–Kier alpha value is -5.73. The van der Waals surface area contributed by atoms with Crippen molar-refractivity contribution in [1.82, 2.24) is 0 Å². The maximum atomic E-state index is 12.6. The van der Waals surface area contributed by atoms with Gasteiger partial charge in [-0.05, 0) is 53.9 Å². The molecular weight excluding hydrogens is 979 g/mol. The molecule has 0 heterocycles. The quantitative estimate of drug-likeness (QED) is 0.00946. The van der Waals surface area contributed by atoms with Gasteiger partial charge in [0, 0.05) is 17.8 Å².